The molecular formula is C18H24O7. The van der Waals surface area contributed by atoms with Gasteiger partial charge in [-0.2, -0.15) is 0 Å². The van der Waals surface area contributed by atoms with Crippen molar-refractivity contribution in [3.8, 4) is 0 Å². The highest BCUT2D eigenvalue weighted by Gasteiger charge is 2.42. The molecule has 3 unspecified atom stereocenters. The second-order valence-electron chi connectivity index (χ2n) is 5.95. The van der Waals surface area contributed by atoms with Gasteiger partial charge in [0.1, 0.15) is 6.10 Å². The Morgan fingerprint density at radius 3 is 2.08 bits per heavy atom. The highest BCUT2D eigenvalue weighted by atomic mass is 16.5. The maximum Gasteiger partial charge on any atom is 0.336 e. The Bertz CT molecular complexity index is 599. The van der Waals surface area contributed by atoms with Crippen LogP contribution in [0.5, 0.6) is 0 Å². The molecule has 3 atom stereocenters. The molecule has 25 heavy (non-hydrogen) atoms. The third kappa shape index (κ3) is 5.86. The number of hydrogen-bond donors (Lipinski definition) is 3. The van der Waals surface area contributed by atoms with Gasteiger partial charge in [0.2, 0.25) is 0 Å². The molecule has 0 radical (unpaired) electrons. The quantitative estimate of drug-likeness (QED) is 0.552. The van der Waals surface area contributed by atoms with Gasteiger partial charge < -0.3 is 20.1 Å². The highest BCUT2D eigenvalue weighted by Crippen LogP contribution is 2.28. The summed E-state index contributed by atoms with van der Waals surface area (Å²) < 4.78 is 5.38. The van der Waals surface area contributed by atoms with E-state index in [4.69, 9.17) is 14.9 Å². The van der Waals surface area contributed by atoms with Crippen LogP contribution in [0, 0.1) is 0 Å². The molecule has 0 amide bonds. The lowest BCUT2D eigenvalue weighted by Crippen LogP contribution is -2.43. The van der Waals surface area contributed by atoms with E-state index in [0.29, 0.717) is 12.8 Å². The van der Waals surface area contributed by atoms with Crippen LogP contribution < -0.4 is 0 Å². The molecule has 0 aliphatic heterocycles. The molecule has 0 bridgehead atoms. The van der Waals surface area contributed by atoms with E-state index in [-0.39, 0.29) is 5.92 Å². The number of carbonyl (C=O) groups is 3. The van der Waals surface area contributed by atoms with Crippen LogP contribution in [-0.4, -0.2) is 44.9 Å². The number of hydrogen-bond acceptors (Lipinski definition) is 5. The topological polar surface area (TPSA) is 121 Å². The number of ether oxygens (including phenoxy) is 1. The van der Waals surface area contributed by atoms with Crippen molar-refractivity contribution in [2.45, 2.75) is 57.2 Å². The van der Waals surface area contributed by atoms with Crippen LogP contribution in [0.3, 0.4) is 0 Å². The van der Waals surface area contributed by atoms with Crippen LogP contribution in [0.15, 0.2) is 30.3 Å². The van der Waals surface area contributed by atoms with Crippen LogP contribution in [0.25, 0.3) is 0 Å². The number of aliphatic hydroxyl groups is 1. The molecule has 0 saturated carbocycles. The molecule has 1 rings (SSSR count). The van der Waals surface area contributed by atoms with E-state index in [1.165, 1.54) is 0 Å². The predicted molar refractivity (Wildman–Crippen MR) is 89.1 cm³/mol. The zero-order chi connectivity index (χ0) is 19.0. The first-order chi connectivity index (χ1) is 11.7. The monoisotopic (exact) mass is 352 g/mol. The smallest absolute Gasteiger partial charge is 0.336 e. The lowest BCUT2D eigenvalue weighted by atomic mass is 9.89. The van der Waals surface area contributed by atoms with Gasteiger partial charge in [0.05, 0.1) is 12.8 Å². The zero-order valence-corrected chi connectivity index (χ0v) is 14.3. The lowest BCUT2D eigenvalue weighted by Gasteiger charge is -2.27. The predicted octanol–water partition coefficient (Wildman–Crippen LogP) is 2.18. The Labute approximate surface area is 146 Å². The van der Waals surface area contributed by atoms with E-state index in [0.717, 1.165) is 5.56 Å². The Kier molecular flexibility index (Phi) is 7.57. The SMILES string of the molecule is CCC(OC(=O)CC(O)(CC(=O)O)C(=O)O)C(CC)c1ccccc1. The Morgan fingerprint density at radius 2 is 1.64 bits per heavy atom. The van der Waals surface area contributed by atoms with Crippen LogP contribution in [-0.2, 0) is 19.1 Å². The zero-order valence-electron chi connectivity index (χ0n) is 14.3. The molecule has 0 aromatic heterocycles. The fourth-order valence-corrected chi connectivity index (χ4v) is 2.78. The Hall–Kier alpha value is -2.41. The third-order valence-corrected chi connectivity index (χ3v) is 4.08. The molecule has 0 saturated heterocycles. The van der Waals surface area contributed by atoms with E-state index in [9.17, 15) is 19.5 Å². The van der Waals surface area contributed by atoms with Crippen molar-refractivity contribution in [1.29, 1.82) is 0 Å². The number of esters is 1. The maximum atomic E-state index is 12.1. The molecule has 0 heterocycles. The summed E-state index contributed by atoms with van der Waals surface area (Å²) in [7, 11) is 0. The van der Waals surface area contributed by atoms with Gasteiger partial charge in [-0.1, -0.05) is 44.2 Å². The van der Waals surface area contributed by atoms with Crippen molar-refractivity contribution in [3.05, 3.63) is 35.9 Å². The third-order valence-electron chi connectivity index (χ3n) is 4.08. The molecule has 0 aliphatic carbocycles. The van der Waals surface area contributed by atoms with E-state index in [1.54, 1.807) is 0 Å². The molecule has 1 aromatic rings. The van der Waals surface area contributed by atoms with E-state index in [1.807, 2.05) is 44.2 Å². The number of aliphatic carboxylic acids is 2. The maximum absolute atomic E-state index is 12.1. The fourth-order valence-electron chi connectivity index (χ4n) is 2.78. The summed E-state index contributed by atoms with van der Waals surface area (Å²) in [4.78, 5) is 34.0. The van der Waals surface area contributed by atoms with Crippen molar-refractivity contribution in [3.63, 3.8) is 0 Å². The largest absolute Gasteiger partial charge is 0.481 e. The van der Waals surface area contributed by atoms with E-state index < -0.39 is 42.5 Å². The number of carbonyl (C=O) groups excluding carboxylic acids is 1. The molecule has 138 valence electrons. The Morgan fingerprint density at radius 1 is 1.04 bits per heavy atom. The standard InChI is InChI=1S/C18H24O7/c1-3-13(12-8-6-5-7-9-12)14(4-2)25-16(21)11-18(24,17(22)23)10-15(19)20/h5-9,13-14,24H,3-4,10-11H2,1-2H3,(H,19,20)(H,22,23). The van der Waals surface area contributed by atoms with Crippen LogP contribution in [0.1, 0.15) is 51.0 Å². The summed E-state index contributed by atoms with van der Waals surface area (Å²) in [5, 5.41) is 27.7. The van der Waals surface area contributed by atoms with Gasteiger partial charge in [-0.3, -0.25) is 9.59 Å². The summed E-state index contributed by atoms with van der Waals surface area (Å²) in [6, 6.07) is 9.47. The van der Waals surface area contributed by atoms with Gasteiger partial charge in [-0.05, 0) is 18.4 Å². The number of carboxylic acids is 2. The van der Waals surface area contributed by atoms with Gasteiger partial charge in [-0.15, -0.1) is 0 Å². The molecule has 0 spiro atoms. The molecule has 0 fully saturated rings. The number of carboxylic acid groups (broad SMARTS) is 2. The highest BCUT2D eigenvalue weighted by molar-refractivity contribution is 5.88. The summed E-state index contributed by atoms with van der Waals surface area (Å²) >= 11 is 0. The van der Waals surface area contributed by atoms with Gasteiger partial charge in [0, 0.05) is 5.92 Å². The number of rotatable bonds is 10. The van der Waals surface area contributed by atoms with Crippen molar-refractivity contribution in [2.24, 2.45) is 0 Å². The van der Waals surface area contributed by atoms with Crippen molar-refractivity contribution < 1.29 is 34.4 Å². The minimum absolute atomic E-state index is 0.0763. The summed E-state index contributed by atoms with van der Waals surface area (Å²) in [5.41, 5.74) is -1.70. The average molecular weight is 352 g/mol. The average Bonchev–Trinajstić information content (AvgIpc) is 2.54. The first-order valence-corrected chi connectivity index (χ1v) is 8.15. The normalized spacial score (nSPS) is 15.6. The van der Waals surface area contributed by atoms with Crippen molar-refractivity contribution >= 4 is 17.9 Å². The molecule has 1 aromatic carbocycles. The van der Waals surface area contributed by atoms with Crippen LogP contribution in [0.4, 0.5) is 0 Å². The second-order valence-corrected chi connectivity index (χ2v) is 5.95. The van der Waals surface area contributed by atoms with Crippen LogP contribution >= 0.6 is 0 Å². The van der Waals surface area contributed by atoms with E-state index >= 15 is 0 Å². The minimum atomic E-state index is -2.68. The summed E-state index contributed by atoms with van der Waals surface area (Å²) in [6.45, 7) is 3.79. The summed E-state index contributed by atoms with van der Waals surface area (Å²) in [6.07, 6.45) is -1.29. The molecule has 0 aliphatic rings. The van der Waals surface area contributed by atoms with Gasteiger partial charge in [0.15, 0.2) is 5.60 Å². The lowest BCUT2D eigenvalue weighted by molar-refractivity contribution is -0.174. The fraction of sp³-hybridized carbons (Fsp3) is 0.500. The van der Waals surface area contributed by atoms with Gasteiger partial charge in [-0.25, -0.2) is 4.79 Å². The van der Waals surface area contributed by atoms with Gasteiger partial charge >= 0.3 is 17.9 Å². The van der Waals surface area contributed by atoms with Gasteiger partial charge in [0.25, 0.3) is 0 Å². The first kappa shape index (κ1) is 20.6. The van der Waals surface area contributed by atoms with Crippen molar-refractivity contribution in [2.75, 3.05) is 0 Å². The van der Waals surface area contributed by atoms with E-state index in [2.05, 4.69) is 0 Å². The van der Waals surface area contributed by atoms with Crippen LogP contribution in [0.2, 0.25) is 0 Å². The first-order valence-electron chi connectivity index (χ1n) is 8.15. The number of benzene rings is 1. The molecule has 7 heteroatoms. The molecule has 3 N–H and O–H groups in total. The minimum Gasteiger partial charge on any atom is -0.481 e. The molecular weight excluding hydrogens is 328 g/mol. The molecule has 7 nitrogen and oxygen atoms in total. The summed E-state index contributed by atoms with van der Waals surface area (Å²) in [5.74, 6) is -4.30. The second kappa shape index (κ2) is 9.17. The van der Waals surface area contributed by atoms with Crippen molar-refractivity contribution in [1.82, 2.24) is 0 Å². The Balaban J connectivity index is 2.87.